The molecule has 0 saturated carbocycles. The Morgan fingerprint density at radius 1 is 0.767 bits per heavy atom. The molecule has 2 aliphatic rings. The average molecular weight is 583 g/mol. The highest BCUT2D eigenvalue weighted by Crippen LogP contribution is 2.27. The Hall–Kier alpha value is -5.25. The maximum atomic E-state index is 12.3. The molecule has 2 amide bonds. The first-order valence-corrected chi connectivity index (χ1v) is 13.8. The van der Waals surface area contributed by atoms with Crippen molar-refractivity contribution in [2.75, 3.05) is 0 Å². The largest absolute Gasteiger partial charge is 0.481 e. The van der Waals surface area contributed by atoms with Gasteiger partial charge in [-0.25, -0.2) is 4.99 Å². The summed E-state index contributed by atoms with van der Waals surface area (Å²) in [4.78, 5) is 58.4. The van der Waals surface area contributed by atoms with Crippen LogP contribution in [0.4, 0.5) is 0 Å². The molecule has 2 aromatic rings. The Morgan fingerprint density at radius 3 is 1.98 bits per heavy atom. The quantitative estimate of drug-likeness (QED) is 0.273. The second-order valence-electron chi connectivity index (χ2n) is 10.5. The summed E-state index contributed by atoms with van der Waals surface area (Å²) in [5.74, 6) is -2.46. The lowest BCUT2D eigenvalue weighted by Gasteiger charge is -2.02. The van der Waals surface area contributed by atoms with E-state index < -0.39 is 11.9 Å². The van der Waals surface area contributed by atoms with Gasteiger partial charge in [-0.1, -0.05) is 25.3 Å². The fourth-order valence-electron chi connectivity index (χ4n) is 5.34. The van der Waals surface area contributed by atoms with E-state index in [1.807, 2.05) is 19.9 Å². The van der Waals surface area contributed by atoms with Crippen LogP contribution in [-0.2, 0) is 32.0 Å². The van der Waals surface area contributed by atoms with Gasteiger partial charge in [0.25, 0.3) is 11.8 Å². The van der Waals surface area contributed by atoms with E-state index in [1.165, 1.54) is 6.08 Å². The molecule has 0 aromatic carbocycles. The molecule has 222 valence electrons. The van der Waals surface area contributed by atoms with E-state index in [-0.39, 0.29) is 37.5 Å². The van der Waals surface area contributed by atoms with Crippen LogP contribution in [-0.4, -0.2) is 49.6 Å². The van der Waals surface area contributed by atoms with Crippen molar-refractivity contribution < 1.29 is 29.4 Å². The van der Waals surface area contributed by atoms with Gasteiger partial charge in [0, 0.05) is 51.6 Å². The summed E-state index contributed by atoms with van der Waals surface area (Å²) < 4.78 is 0. The minimum absolute atomic E-state index is 0.0943. The number of carbonyl (C=O) groups is 4. The maximum Gasteiger partial charge on any atom is 0.303 e. The Labute approximate surface area is 248 Å². The van der Waals surface area contributed by atoms with Crippen LogP contribution in [0.15, 0.2) is 58.3 Å². The van der Waals surface area contributed by atoms with Gasteiger partial charge < -0.3 is 25.5 Å². The smallest absolute Gasteiger partial charge is 0.303 e. The summed E-state index contributed by atoms with van der Waals surface area (Å²) in [5.41, 5.74) is 7.97. The number of amides is 2. The molecule has 4 heterocycles. The maximum absolute atomic E-state index is 12.3. The molecule has 10 heteroatoms. The van der Waals surface area contributed by atoms with E-state index >= 15 is 0 Å². The lowest BCUT2D eigenvalue weighted by atomic mass is 10.0. The van der Waals surface area contributed by atoms with Crippen LogP contribution in [0.1, 0.15) is 60.3 Å². The standard InChI is InChI=1S/C33H34N4O6/c1-7-20-19(6)32(42)37-27(20)14-25-18(5)23(10-12-31(40)41)29(35-25)15-28-22(9-11-30(38)39)17(4)24(34-28)13-26-16(3)21(8-2)33(43)36-26/h7-8,13-15,34-35H,1-2,9-12H2,3-6H3,(H,37,42)(H,38,39)(H,40,41)/b24-13?,27-14+,28-15-. The molecule has 0 radical (unpaired) electrons. The van der Waals surface area contributed by atoms with Crippen molar-refractivity contribution in [3.8, 4) is 0 Å². The molecule has 0 unspecified atom stereocenters. The molecule has 2 aliphatic heterocycles. The van der Waals surface area contributed by atoms with E-state index in [2.05, 4.69) is 33.4 Å². The molecule has 4 rings (SSSR count). The number of aliphatic carboxylic acids is 2. The third-order valence-electron chi connectivity index (χ3n) is 7.87. The average Bonchev–Trinajstić information content (AvgIpc) is 3.59. The topological polar surface area (TPSA) is 165 Å². The predicted octanol–water partition coefficient (Wildman–Crippen LogP) is 3.06. The number of carboxylic acids is 2. The van der Waals surface area contributed by atoms with Crippen molar-refractivity contribution in [1.29, 1.82) is 0 Å². The van der Waals surface area contributed by atoms with Crippen LogP contribution in [0.3, 0.4) is 0 Å². The highest BCUT2D eigenvalue weighted by atomic mass is 16.4. The number of carboxylic acid groups (broad SMARTS) is 2. The highest BCUT2D eigenvalue weighted by molar-refractivity contribution is 6.31. The molecule has 0 fully saturated rings. The van der Waals surface area contributed by atoms with E-state index in [0.29, 0.717) is 55.8 Å². The molecule has 0 saturated heterocycles. The summed E-state index contributed by atoms with van der Waals surface area (Å²) in [6.45, 7) is 14.8. The monoisotopic (exact) mass is 582 g/mol. The number of aromatic amines is 2. The normalized spacial score (nSPS) is 16.9. The zero-order valence-electron chi connectivity index (χ0n) is 24.6. The van der Waals surface area contributed by atoms with Gasteiger partial charge in [-0.15, -0.1) is 0 Å². The molecule has 5 N–H and O–H groups in total. The van der Waals surface area contributed by atoms with Crippen LogP contribution < -0.4 is 16.0 Å². The number of aliphatic imine (C=N–C) groups is 1. The van der Waals surface area contributed by atoms with Gasteiger partial charge in [0.15, 0.2) is 0 Å². The summed E-state index contributed by atoms with van der Waals surface area (Å²) in [6, 6.07) is 0. The Balaban J connectivity index is 1.92. The highest BCUT2D eigenvalue weighted by Gasteiger charge is 2.23. The number of hydrogen-bond acceptors (Lipinski definition) is 4. The molecule has 2 aromatic heterocycles. The van der Waals surface area contributed by atoms with Crippen molar-refractivity contribution in [3.05, 3.63) is 97.6 Å². The number of hydrogen-bond donors (Lipinski definition) is 5. The molecule has 0 bridgehead atoms. The molecule has 0 spiro atoms. The van der Waals surface area contributed by atoms with Gasteiger partial charge in [0.05, 0.1) is 11.4 Å². The third kappa shape index (κ3) is 6.18. The van der Waals surface area contributed by atoms with Crippen molar-refractivity contribution >= 4 is 47.7 Å². The number of H-pyrrole nitrogens is 2. The second kappa shape index (κ2) is 12.3. The molecular formula is C33H34N4O6. The summed E-state index contributed by atoms with van der Waals surface area (Å²) in [7, 11) is 0. The van der Waals surface area contributed by atoms with Gasteiger partial charge >= 0.3 is 11.9 Å². The molecular weight excluding hydrogens is 548 g/mol. The van der Waals surface area contributed by atoms with Gasteiger partial charge in [0.1, 0.15) is 0 Å². The van der Waals surface area contributed by atoms with Crippen LogP contribution in [0.5, 0.6) is 0 Å². The van der Waals surface area contributed by atoms with Crippen molar-refractivity contribution in [2.24, 2.45) is 4.99 Å². The molecule has 0 aliphatic carbocycles. The van der Waals surface area contributed by atoms with E-state index in [1.54, 1.807) is 32.1 Å². The van der Waals surface area contributed by atoms with Gasteiger partial charge in [-0.05, 0) is 86.6 Å². The third-order valence-corrected chi connectivity index (χ3v) is 7.87. The lowest BCUT2D eigenvalue weighted by Crippen LogP contribution is -2.15. The summed E-state index contributed by atoms with van der Waals surface area (Å²) >= 11 is 0. The van der Waals surface area contributed by atoms with Crippen molar-refractivity contribution in [2.45, 2.75) is 53.4 Å². The van der Waals surface area contributed by atoms with Gasteiger partial charge in [-0.3, -0.25) is 19.2 Å². The first-order valence-electron chi connectivity index (χ1n) is 13.8. The van der Waals surface area contributed by atoms with E-state index in [0.717, 1.165) is 22.3 Å². The van der Waals surface area contributed by atoms with Crippen LogP contribution in [0.2, 0.25) is 0 Å². The predicted molar refractivity (Wildman–Crippen MR) is 165 cm³/mol. The van der Waals surface area contributed by atoms with E-state index in [4.69, 9.17) is 0 Å². The van der Waals surface area contributed by atoms with Gasteiger partial charge in [-0.2, -0.15) is 0 Å². The minimum atomic E-state index is -0.941. The zero-order chi connectivity index (χ0) is 31.6. The number of aromatic nitrogens is 2. The number of nitrogens with one attached hydrogen (secondary N) is 3. The van der Waals surface area contributed by atoms with Crippen LogP contribution in [0.25, 0.3) is 18.2 Å². The summed E-state index contributed by atoms with van der Waals surface area (Å²) in [6.07, 6.45) is 8.80. The number of nitrogens with zero attached hydrogens (tertiary/aromatic N) is 1. The number of allylic oxidation sites excluding steroid dienone is 2. The second-order valence-corrected chi connectivity index (χ2v) is 10.5. The molecule has 10 nitrogen and oxygen atoms in total. The van der Waals surface area contributed by atoms with Gasteiger partial charge in [0.2, 0.25) is 0 Å². The van der Waals surface area contributed by atoms with Crippen LogP contribution >= 0.6 is 0 Å². The first kappa shape index (κ1) is 30.7. The Morgan fingerprint density at radius 2 is 1.40 bits per heavy atom. The first-order chi connectivity index (χ1) is 20.4. The molecule has 43 heavy (non-hydrogen) atoms. The lowest BCUT2D eigenvalue weighted by molar-refractivity contribution is -0.138. The SMILES string of the molecule is C=CC1=C(C)C(C=c2[nH]/c(=C\c3[nH]c(/C=C4/NC(=O)C(C)=C4C=C)c(C)c3CCC(=O)O)c(CCC(=O)O)c2C)=NC1=O. The zero-order valence-corrected chi connectivity index (χ0v) is 24.6. The number of carbonyl (C=O) groups excluding carboxylic acids is 2. The van der Waals surface area contributed by atoms with Crippen molar-refractivity contribution in [1.82, 2.24) is 15.3 Å². The fourth-order valence-corrected chi connectivity index (χ4v) is 5.34. The Bertz CT molecular complexity index is 1860. The molecule has 0 atom stereocenters. The fraction of sp³-hybridized carbons (Fsp3) is 0.242. The summed E-state index contributed by atoms with van der Waals surface area (Å²) in [5, 5.41) is 23.0. The van der Waals surface area contributed by atoms with Crippen LogP contribution in [0, 0.1) is 13.8 Å². The minimum Gasteiger partial charge on any atom is -0.481 e. The van der Waals surface area contributed by atoms with Crippen molar-refractivity contribution in [3.63, 3.8) is 0 Å². The Kier molecular flexibility index (Phi) is 8.80. The number of rotatable bonds is 11. The van der Waals surface area contributed by atoms with E-state index in [9.17, 15) is 29.4 Å².